The lowest BCUT2D eigenvalue weighted by Gasteiger charge is -2.18. The second-order valence-electron chi connectivity index (χ2n) is 19.9. The zero-order chi connectivity index (χ0) is 47.2. The Labute approximate surface area is 405 Å². The molecule has 0 aromatic heterocycles. The average molecular weight is 918 g/mol. The SMILES string of the molecule is CCCCCCCC/C=C\CCCCCCCCCCCC(=O)OCC(COC(=O)CCCCCCCCCCC)OC(=O)CCCCCCCCCCCCCCCCCCCCC. The molecule has 1 atom stereocenters. The van der Waals surface area contributed by atoms with E-state index < -0.39 is 6.10 Å². The van der Waals surface area contributed by atoms with Gasteiger partial charge in [-0.05, 0) is 44.9 Å². The summed E-state index contributed by atoms with van der Waals surface area (Å²) in [5, 5.41) is 0. The smallest absolute Gasteiger partial charge is 0.306 e. The zero-order valence-corrected chi connectivity index (χ0v) is 44.0. The maximum Gasteiger partial charge on any atom is 0.306 e. The van der Waals surface area contributed by atoms with Gasteiger partial charge < -0.3 is 14.2 Å². The quantitative estimate of drug-likeness (QED) is 0.0262. The molecule has 0 bridgehead atoms. The van der Waals surface area contributed by atoms with Crippen molar-refractivity contribution in [3.63, 3.8) is 0 Å². The summed E-state index contributed by atoms with van der Waals surface area (Å²) in [7, 11) is 0. The molecule has 0 aromatic carbocycles. The van der Waals surface area contributed by atoms with Crippen molar-refractivity contribution < 1.29 is 28.6 Å². The van der Waals surface area contributed by atoms with Gasteiger partial charge in [0.25, 0.3) is 0 Å². The van der Waals surface area contributed by atoms with Crippen LogP contribution in [0.4, 0.5) is 0 Å². The van der Waals surface area contributed by atoms with E-state index in [2.05, 4.69) is 32.9 Å². The van der Waals surface area contributed by atoms with E-state index in [9.17, 15) is 14.4 Å². The largest absolute Gasteiger partial charge is 0.462 e. The van der Waals surface area contributed by atoms with Gasteiger partial charge >= 0.3 is 17.9 Å². The molecule has 65 heavy (non-hydrogen) atoms. The molecule has 0 radical (unpaired) electrons. The molecule has 0 saturated carbocycles. The Morgan fingerprint density at radius 2 is 0.508 bits per heavy atom. The summed E-state index contributed by atoms with van der Waals surface area (Å²) in [6.45, 7) is 6.67. The fraction of sp³-hybridized carbons (Fsp3) is 0.915. The molecule has 0 heterocycles. The Bertz CT molecular complexity index is 1010. The van der Waals surface area contributed by atoms with Gasteiger partial charge in [0.05, 0.1) is 0 Å². The molecule has 0 aliphatic rings. The molecule has 1 unspecified atom stereocenters. The highest BCUT2D eigenvalue weighted by atomic mass is 16.6. The number of ether oxygens (including phenoxy) is 3. The van der Waals surface area contributed by atoms with Crippen LogP contribution in [0.15, 0.2) is 12.2 Å². The Kier molecular flexibility index (Phi) is 53.2. The summed E-state index contributed by atoms with van der Waals surface area (Å²) in [5.41, 5.74) is 0. The fourth-order valence-corrected chi connectivity index (χ4v) is 8.85. The predicted molar refractivity (Wildman–Crippen MR) is 280 cm³/mol. The first-order chi connectivity index (χ1) is 32.0. The Balaban J connectivity index is 4.21. The molecule has 0 fully saturated rings. The molecular weight excluding hydrogens is 805 g/mol. The third-order valence-electron chi connectivity index (χ3n) is 13.3. The number of hydrogen-bond donors (Lipinski definition) is 0. The minimum atomic E-state index is -0.764. The molecule has 0 aliphatic heterocycles. The van der Waals surface area contributed by atoms with Crippen LogP contribution in [0.1, 0.15) is 329 Å². The van der Waals surface area contributed by atoms with Crippen molar-refractivity contribution in [3.8, 4) is 0 Å². The van der Waals surface area contributed by atoms with Crippen LogP contribution in [0.3, 0.4) is 0 Å². The van der Waals surface area contributed by atoms with E-state index in [4.69, 9.17) is 14.2 Å². The summed E-state index contributed by atoms with van der Waals surface area (Å²) in [5.74, 6) is -0.846. The van der Waals surface area contributed by atoms with Crippen LogP contribution in [-0.4, -0.2) is 37.2 Å². The highest BCUT2D eigenvalue weighted by molar-refractivity contribution is 5.71. The van der Waals surface area contributed by atoms with Gasteiger partial charge in [0.15, 0.2) is 6.10 Å². The van der Waals surface area contributed by atoms with Crippen molar-refractivity contribution in [2.24, 2.45) is 0 Å². The van der Waals surface area contributed by atoms with Crippen LogP contribution < -0.4 is 0 Å². The highest BCUT2D eigenvalue weighted by Crippen LogP contribution is 2.17. The third-order valence-corrected chi connectivity index (χ3v) is 13.3. The van der Waals surface area contributed by atoms with Crippen molar-refractivity contribution in [2.45, 2.75) is 335 Å². The molecule has 0 N–H and O–H groups in total. The van der Waals surface area contributed by atoms with Gasteiger partial charge in [0.2, 0.25) is 0 Å². The van der Waals surface area contributed by atoms with Crippen LogP contribution >= 0.6 is 0 Å². The highest BCUT2D eigenvalue weighted by Gasteiger charge is 2.19. The maximum absolute atomic E-state index is 12.8. The second-order valence-corrected chi connectivity index (χ2v) is 19.9. The van der Waals surface area contributed by atoms with Gasteiger partial charge in [0.1, 0.15) is 13.2 Å². The number of esters is 3. The van der Waals surface area contributed by atoms with Crippen LogP contribution in [0.5, 0.6) is 0 Å². The Morgan fingerprint density at radius 3 is 0.769 bits per heavy atom. The molecule has 384 valence electrons. The molecule has 0 saturated heterocycles. The summed E-state index contributed by atoms with van der Waals surface area (Å²) in [4.78, 5) is 38.0. The van der Waals surface area contributed by atoms with E-state index in [-0.39, 0.29) is 31.1 Å². The lowest BCUT2D eigenvalue weighted by atomic mass is 10.0. The third kappa shape index (κ3) is 53.0. The topological polar surface area (TPSA) is 78.9 Å². The standard InChI is InChI=1S/C59H112O6/c1-4-7-10-13-16-19-21-23-25-27-29-31-33-35-37-40-43-46-49-52-58(61)64-55-56(54-63-57(60)51-48-45-42-39-18-15-12-9-6-3)65-59(62)53-50-47-44-41-38-36-34-32-30-28-26-24-22-20-17-14-11-8-5-2/h23,25,56H,4-22,24,26-55H2,1-3H3/b25-23-. The molecular formula is C59H112O6. The minimum absolute atomic E-state index is 0.0650. The normalized spacial score (nSPS) is 12.0. The number of allylic oxidation sites excluding steroid dienone is 2. The number of hydrogen-bond acceptors (Lipinski definition) is 6. The molecule has 0 aliphatic carbocycles. The van der Waals surface area contributed by atoms with E-state index in [1.54, 1.807) is 0 Å². The van der Waals surface area contributed by atoms with Crippen molar-refractivity contribution in [2.75, 3.05) is 13.2 Å². The molecule has 0 rings (SSSR count). The fourth-order valence-electron chi connectivity index (χ4n) is 8.85. The maximum atomic E-state index is 12.8. The lowest BCUT2D eigenvalue weighted by Crippen LogP contribution is -2.30. The summed E-state index contributed by atoms with van der Waals surface area (Å²) in [6, 6.07) is 0. The zero-order valence-electron chi connectivity index (χ0n) is 44.0. The Hall–Kier alpha value is -1.85. The van der Waals surface area contributed by atoms with Gasteiger partial charge in [-0.25, -0.2) is 0 Å². The van der Waals surface area contributed by atoms with Crippen molar-refractivity contribution in [1.29, 1.82) is 0 Å². The first-order valence-electron chi connectivity index (χ1n) is 29.2. The average Bonchev–Trinajstić information content (AvgIpc) is 3.30. The molecule has 6 nitrogen and oxygen atoms in total. The van der Waals surface area contributed by atoms with E-state index in [0.29, 0.717) is 19.3 Å². The van der Waals surface area contributed by atoms with Gasteiger partial charge in [-0.3, -0.25) is 14.4 Å². The van der Waals surface area contributed by atoms with Crippen molar-refractivity contribution >= 4 is 17.9 Å². The van der Waals surface area contributed by atoms with E-state index in [1.165, 1.54) is 231 Å². The summed E-state index contributed by atoms with van der Waals surface area (Å²) in [6.07, 6.45) is 62.1. The molecule has 0 aromatic rings. The van der Waals surface area contributed by atoms with Gasteiger partial charge in [-0.1, -0.05) is 277 Å². The number of unbranched alkanes of at least 4 members (excludes halogenated alkanes) is 41. The van der Waals surface area contributed by atoms with Crippen LogP contribution in [-0.2, 0) is 28.6 Å². The van der Waals surface area contributed by atoms with Gasteiger partial charge in [-0.2, -0.15) is 0 Å². The number of carbonyl (C=O) groups excluding carboxylic acids is 3. The first kappa shape index (κ1) is 63.1. The van der Waals surface area contributed by atoms with Crippen molar-refractivity contribution in [3.05, 3.63) is 12.2 Å². The van der Waals surface area contributed by atoms with Crippen LogP contribution in [0, 0.1) is 0 Å². The lowest BCUT2D eigenvalue weighted by molar-refractivity contribution is -0.167. The predicted octanol–water partition coefficient (Wildman–Crippen LogP) is 19.3. The first-order valence-corrected chi connectivity index (χ1v) is 29.2. The molecule has 6 heteroatoms. The minimum Gasteiger partial charge on any atom is -0.462 e. The second kappa shape index (κ2) is 54.8. The monoisotopic (exact) mass is 917 g/mol. The summed E-state index contributed by atoms with van der Waals surface area (Å²) < 4.78 is 16.8. The van der Waals surface area contributed by atoms with Gasteiger partial charge in [-0.15, -0.1) is 0 Å². The van der Waals surface area contributed by atoms with Crippen molar-refractivity contribution in [1.82, 2.24) is 0 Å². The van der Waals surface area contributed by atoms with E-state index in [0.717, 1.165) is 57.8 Å². The van der Waals surface area contributed by atoms with Crippen LogP contribution in [0.2, 0.25) is 0 Å². The number of carbonyl (C=O) groups is 3. The summed E-state index contributed by atoms with van der Waals surface area (Å²) >= 11 is 0. The number of rotatable bonds is 54. The van der Waals surface area contributed by atoms with Gasteiger partial charge in [0, 0.05) is 19.3 Å². The Morgan fingerprint density at radius 1 is 0.292 bits per heavy atom. The molecule has 0 amide bonds. The van der Waals surface area contributed by atoms with E-state index >= 15 is 0 Å². The van der Waals surface area contributed by atoms with E-state index in [1.807, 2.05) is 0 Å². The molecule has 0 spiro atoms. The van der Waals surface area contributed by atoms with Crippen LogP contribution in [0.25, 0.3) is 0 Å².